The molecule has 1 saturated carbocycles. The third-order valence-corrected chi connectivity index (χ3v) is 13.2. The molecule has 6 rings (SSSR count). The molecule has 2 aliphatic rings. The Balaban J connectivity index is 0.00000793. The van der Waals surface area contributed by atoms with Crippen molar-refractivity contribution < 1.29 is 66.6 Å². The van der Waals surface area contributed by atoms with Crippen LogP contribution in [0.1, 0.15) is 125 Å². The Morgan fingerprint density at radius 3 is 1.08 bits per heavy atom. The molecular weight excluding hydrogens is 942 g/mol. The molecule has 1 fully saturated rings. The predicted octanol–water partition coefficient (Wildman–Crippen LogP) is 16.4. The molecule has 3 nitrogen and oxygen atoms in total. The highest BCUT2D eigenvalue weighted by Gasteiger charge is 2.46. The fraction of sp³-hybridized carbons (Fsp3) is 0.510. The second-order valence-corrected chi connectivity index (χ2v) is 19.7. The summed E-state index contributed by atoms with van der Waals surface area (Å²) in [6, 6.07) is 6.02. The summed E-state index contributed by atoms with van der Waals surface area (Å²) in [5.41, 5.74) is -6.69. The van der Waals surface area contributed by atoms with E-state index in [1.54, 1.807) is 53.7 Å². The minimum absolute atomic E-state index is 0. The van der Waals surface area contributed by atoms with Gasteiger partial charge in [-0.2, -0.15) is 52.7 Å². The topological polar surface area (TPSA) is 18.5 Å². The van der Waals surface area contributed by atoms with Crippen LogP contribution < -0.4 is 9.47 Å². The summed E-state index contributed by atoms with van der Waals surface area (Å²) in [7, 11) is 4.45. The number of halogens is 13. The quantitative estimate of drug-likeness (QED) is 0.142. The molecule has 1 aliphatic heterocycles. The Bertz CT molecular complexity index is 2190. The average Bonchev–Trinajstić information content (AvgIpc) is 3.30. The van der Waals surface area contributed by atoms with Gasteiger partial charge in [0.25, 0.3) is 0 Å². The van der Waals surface area contributed by atoms with Gasteiger partial charge in [-0.15, -0.1) is 17.0 Å². The van der Waals surface area contributed by atoms with Crippen molar-refractivity contribution in [1.82, 2.24) is 0 Å². The van der Waals surface area contributed by atoms with Crippen molar-refractivity contribution in [3.63, 3.8) is 0 Å². The van der Waals surface area contributed by atoms with E-state index in [-0.39, 0.29) is 81.3 Å². The SMILES string of the molecule is Br.COc1c(C(C)(C)C)cc2c(c1-c1cc(C(F)(F)F)cc(C(F)(F)F)c1)C[N+](C)([C@@H](C)C1CCCCC1)Cc1c-2cc(C(C)(C)C)c(OC)c1-c1cc(C(F)(F)F)cc(C(F)(F)F)c1. The molecule has 1 heterocycles. The molecule has 0 saturated heterocycles. The number of fused-ring (bicyclic) bond motifs is 3. The molecule has 65 heavy (non-hydrogen) atoms. The molecule has 1 atom stereocenters. The third kappa shape index (κ3) is 10.3. The van der Waals surface area contributed by atoms with Gasteiger partial charge in [-0.3, -0.25) is 0 Å². The van der Waals surface area contributed by atoms with Gasteiger partial charge in [-0.1, -0.05) is 60.8 Å². The van der Waals surface area contributed by atoms with E-state index < -0.39 is 68.9 Å². The van der Waals surface area contributed by atoms with Gasteiger partial charge in [-0.25, -0.2) is 0 Å². The maximum Gasteiger partial charge on any atom is 0.416 e. The van der Waals surface area contributed by atoms with Gasteiger partial charge in [0.2, 0.25) is 0 Å². The van der Waals surface area contributed by atoms with Crippen LogP contribution in [0.4, 0.5) is 52.7 Å². The van der Waals surface area contributed by atoms with Crippen molar-refractivity contribution in [2.45, 2.75) is 135 Å². The molecule has 0 bridgehead atoms. The highest BCUT2D eigenvalue weighted by atomic mass is 79.9. The Labute approximate surface area is 382 Å². The lowest BCUT2D eigenvalue weighted by atomic mass is 9.76. The standard InChI is InChI=1S/C49H54F12NO2.BrH/c1-26(27-14-12-11-13-15-27)62(8)24-36-34(22-38(44(2,3)4)42(63-9)40(36)28-16-30(46(50,51)52)20-31(17-28)47(53,54)55)35-23-39(45(5,6)7)43(64-10)41(37(35)25-62)29-18-32(48(56,57)58)21-33(19-29)49(59,60)61;/h16-23,26-27H,11-15,24-25H2,1-10H3;1H/q+1;/t26-;/m0./s1. The fourth-order valence-corrected chi connectivity index (χ4v) is 9.76. The van der Waals surface area contributed by atoms with E-state index in [2.05, 4.69) is 0 Å². The normalized spacial score (nSPS) is 16.8. The number of hydrogen-bond acceptors (Lipinski definition) is 2. The summed E-state index contributed by atoms with van der Waals surface area (Å²) in [5, 5.41) is 0. The third-order valence-electron chi connectivity index (χ3n) is 13.2. The highest BCUT2D eigenvalue weighted by Crippen LogP contribution is 2.56. The van der Waals surface area contributed by atoms with Crippen LogP contribution in [-0.4, -0.2) is 31.8 Å². The summed E-state index contributed by atoms with van der Waals surface area (Å²) < 4.78 is 188. The summed E-state index contributed by atoms with van der Waals surface area (Å²) in [4.78, 5) is 0. The largest absolute Gasteiger partial charge is 0.496 e. The first-order chi connectivity index (χ1) is 29.2. The van der Waals surface area contributed by atoms with Gasteiger partial charge in [0.1, 0.15) is 24.6 Å². The second-order valence-electron chi connectivity index (χ2n) is 19.7. The van der Waals surface area contributed by atoms with Gasteiger partial charge in [0.05, 0.1) is 49.6 Å². The number of ether oxygens (including phenoxy) is 2. The molecule has 0 unspecified atom stereocenters. The first-order valence-corrected chi connectivity index (χ1v) is 21.1. The Morgan fingerprint density at radius 1 is 0.508 bits per heavy atom. The van der Waals surface area contributed by atoms with E-state index in [4.69, 9.17) is 9.47 Å². The van der Waals surface area contributed by atoms with Crippen LogP contribution in [0.5, 0.6) is 11.5 Å². The number of methoxy groups -OCH3 is 2. The Morgan fingerprint density at radius 2 is 0.815 bits per heavy atom. The fourth-order valence-electron chi connectivity index (χ4n) is 9.76. The van der Waals surface area contributed by atoms with Crippen molar-refractivity contribution in [2.24, 2.45) is 5.92 Å². The molecule has 1 aliphatic carbocycles. The maximum atomic E-state index is 14.6. The highest BCUT2D eigenvalue weighted by molar-refractivity contribution is 8.93. The van der Waals surface area contributed by atoms with E-state index in [0.29, 0.717) is 57.6 Å². The van der Waals surface area contributed by atoms with Crippen molar-refractivity contribution in [3.8, 4) is 44.9 Å². The van der Waals surface area contributed by atoms with Crippen molar-refractivity contribution in [2.75, 3.05) is 21.3 Å². The zero-order chi connectivity index (χ0) is 47.9. The van der Waals surface area contributed by atoms with Crippen LogP contribution in [0.2, 0.25) is 0 Å². The van der Waals surface area contributed by atoms with Gasteiger partial charge in [0.15, 0.2) is 0 Å². The van der Waals surface area contributed by atoms with Crippen LogP contribution in [0.15, 0.2) is 48.5 Å². The molecule has 16 heteroatoms. The minimum Gasteiger partial charge on any atom is -0.496 e. The number of quaternary nitrogens is 1. The summed E-state index contributed by atoms with van der Waals surface area (Å²) >= 11 is 0. The Kier molecular flexibility index (Phi) is 14.1. The van der Waals surface area contributed by atoms with E-state index in [9.17, 15) is 52.7 Å². The number of benzene rings is 4. The predicted molar refractivity (Wildman–Crippen MR) is 233 cm³/mol. The summed E-state index contributed by atoms with van der Waals surface area (Å²) in [5.74, 6) is 0.144. The lowest BCUT2D eigenvalue weighted by molar-refractivity contribution is -0.960. The number of nitrogens with zero attached hydrogens (tertiary/aromatic N) is 1. The average molecular weight is 998 g/mol. The number of alkyl halides is 12. The zero-order valence-corrected chi connectivity index (χ0v) is 39.6. The van der Waals surface area contributed by atoms with E-state index in [1.807, 2.05) is 14.0 Å². The maximum absolute atomic E-state index is 14.6. The van der Waals surface area contributed by atoms with Gasteiger partial charge < -0.3 is 14.0 Å². The molecule has 4 aromatic rings. The minimum atomic E-state index is -5.19. The van der Waals surface area contributed by atoms with E-state index >= 15 is 0 Å². The smallest absolute Gasteiger partial charge is 0.416 e. The van der Waals surface area contributed by atoms with Gasteiger partial charge in [-0.05, 0) is 101 Å². The van der Waals surface area contributed by atoms with E-state index in [0.717, 1.165) is 32.1 Å². The van der Waals surface area contributed by atoms with Crippen LogP contribution >= 0.6 is 17.0 Å². The molecule has 0 radical (unpaired) electrons. The van der Waals surface area contributed by atoms with Gasteiger partial charge >= 0.3 is 24.7 Å². The first kappa shape index (κ1) is 52.1. The lowest BCUT2D eigenvalue weighted by Crippen LogP contribution is -2.52. The summed E-state index contributed by atoms with van der Waals surface area (Å²) in [6.45, 7) is 12.7. The number of rotatable bonds is 6. The monoisotopic (exact) mass is 996 g/mol. The second kappa shape index (κ2) is 17.6. The molecule has 0 N–H and O–H groups in total. The molecular formula is C49H55BrF12NO2+. The van der Waals surface area contributed by atoms with Crippen molar-refractivity contribution in [3.05, 3.63) is 93.0 Å². The molecule has 0 amide bonds. The van der Waals surface area contributed by atoms with Gasteiger partial charge in [0, 0.05) is 39.3 Å². The van der Waals surface area contributed by atoms with Crippen LogP contribution in [-0.2, 0) is 48.6 Å². The van der Waals surface area contributed by atoms with E-state index in [1.165, 1.54) is 14.2 Å². The van der Waals surface area contributed by atoms with Crippen LogP contribution in [0.25, 0.3) is 33.4 Å². The molecule has 0 spiro atoms. The lowest BCUT2D eigenvalue weighted by Gasteiger charge is -2.45. The summed E-state index contributed by atoms with van der Waals surface area (Å²) in [6.07, 6.45) is -16.4. The Hall–Kier alpha value is -3.92. The number of hydrogen-bond donors (Lipinski definition) is 0. The zero-order valence-electron chi connectivity index (χ0n) is 37.9. The molecule has 4 aromatic carbocycles. The van der Waals surface area contributed by atoms with Crippen molar-refractivity contribution in [1.29, 1.82) is 0 Å². The molecule has 0 aromatic heterocycles. The first-order valence-electron chi connectivity index (χ1n) is 21.1. The van der Waals surface area contributed by atoms with Crippen molar-refractivity contribution >= 4 is 17.0 Å². The molecule has 358 valence electrons. The van der Waals surface area contributed by atoms with Crippen LogP contribution in [0.3, 0.4) is 0 Å². The van der Waals surface area contributed by atoms with Crippen LogP contribution in [0, 0.1) is 5.92 Å².